The van der Waals surface area contributed by atoms with Gasteiger partial charge < -0.3 is 4.74 Å². The maximum absolute atomic E-state index is 5.82. The van der Waals surface area contributed by atoms with Gasteiger partial charge in [-0.3, -0.25) is 0 Å². The highest BCUT2D eigenvalue weighted by Crippen LogP contribution is 2.20. The molecule has 1 atom stereocenters. The quantitative estimate of drug-likeness (QED) is 0.706. The topological polar surface area (TPSA) is 21.6 Å². The summed E-state index contributed by atoms with van der Waals surface area (Å²) in [6.07, 6.45) is 0.928. The predicted molar refractivity (Wildman–Crippen MR) is 90.4 cm³/mol. The van der Waals surface area contributed by atoms with Crippen LogP contribution in [-0.4, -0.2) is 18.5 Å². The summed E-state index contributed by atoms with van der Waals surface area (Å²) >= 11 is 0. The lowest BCUT2D eigenvalue weighted by molar-refractivity contribution is 0.317. The van der Waals surface area contributed by atoms with Gasteiger partial charge >= 0.3 is 0 Å². The molecule has 2 nitrogen and oxygen atoms in total. The fraction of sp³-hybridized carbons (Fsp3) is 0.150. The van der Waals surface area contributed by atoms with Crippen molar-refractivity contribution in [3.8, 4) is 0 Å². The van der Waals surface area contributed by atoms with Gasteiger partial charge in [0.1, 0.15) is 6.61 Å². The number of nitrogens with zero attached hydrogens (tertiary/aromatic N) is 1. The summed E-state index contributed by atoms with van der Waals surface area (Å²) in [7, 11) is 0. The standard InChI is InChI=1S/C20H17NO/c1-2-6-15(7-3-1)12-19-14-22-20(21-19)18-11-10-16-8-4-5-9-17(16)13-18/h1-11,13,19H,12,14H2/t19-/m1/s1. The van der Waals surface area contributed by atoms with Gasteiger partial charge in [0.15, 0.2) is 0 Å². The molecule has 2 heteroatoms. The van der Waals surface area contributed by atoms with E-state index in [0.717, 1.165) is 17.9 Å². The molecule has 0 fully saturated rings. The summed E-state index contributed by atoms with van der Waals surface area (Å²) in [5.41, 5.74) is 2.37. The molecule has 0 spiro atoms. The summed E-state index contributed by atoms with van der Waals surface area (Å²) in [5.74, 6) is 0.770. The maximum Gasteiger partial charge on any atom is 0.216 e. The molecule has 0 saturated heterocycles. The van der Waals surface area contributed by atoms with Gasteiger partial charge in [-0.25, -0.2) is 4.99 Å². The molecule has 0 saturated carbocycles. The normalized spacial score (nSPS) is 17.3. The molecule has 0 aromatic heterocycles. The van der Waals surface area contributed by atoms with Crippen LogP contribution in [-0.2, 0) is 11.2 Å². The first kappa shape index (κ1) is 13.1. The Balaban J connectivity index is 1.58. The van der Waals surface area contributed by atoms with E-state index in [2.05, 4.69) is 66.7 Å². The SMILES string of the molecule is c1ccc(C[C@@H]2COC(c3ccc4ccccc4c3)=N2)cc1. The second kappa shape index (κ2) is 5.64. The van der Waals surface area contributed by atoms with E-state index in [1.807, 2.05) is 6.07 Å². The molecule has 3 aromatic rings. The summed E-state index contributed by atoms with van der Waals surface area (Å²) in [6, 6.07) is 25.4. The van der Waals surface area contributed by atoms with Crippen molar-refractivity contribution >= 4 is 16.7 Å². The van der Waals surface area contributed by atoms with Crippen molar-refractivity contribution in [2.75, 3.05) is 6.61 Å². The minimum atomic E-state index is 0.212. The second-order valence-corrected chi connectivity index (χ2v) is 5.65. The van der Waals surface area contributed by atoms with E-state index in [0.29, 0.717) is 6.61 Å². The van der Waals surface area contributed by atoms with Crippen LogP contribution in [0.15, 0.2) is 77.8 Å². The minimum Gasteiger partial charge on any atom is -0.475 e. The molecule has 1 heterocycles. The van der Waals surface area contributed by atoms with Gasteiger partial charge in [0.05, 0.1) is 6.04 Å². The van der Waals surface area contributed by atoms with Crippen molar-refractivity contribution in [1.29, 1.82) is 0 Å². The third kappa shape index (κ3) is 2.60. The first-order valence-electron chi connectivity index (χ1n) is 7.62. The smallest absolute Gasteiger partial charge is 0.216 e. The van der Waals surface area contributed by atoms with Crippen LogP contribution in [0, 0.1) is 0 Å². The molecule has 1 aliphatic heterocycles. The predicted octanol–water partition coefficient (Wildman–Crippen LogP) is 4.23. The van der Waals surface area contributed by atoms with Crippen molar-refractivity contribution < 1.29 is 4.74 Å². The third-order valence-corrected chi connectivity index (χ3v) is 4.02. The summed E-state index contributed by atoms with van der Waals surface area (Å²) < 4.78 is 5.82. The lowest BCUT2D eigenvalue weighted by Gasteiger charge is -2.04. The van der Waals surface area contributed by atoms with Crippen LogP contribution >= 0.6 is 0 Å². The Morgan fingerprint density at radius 1 is 0.864 bits per heavy atom. The Morgan fingerprint density at radius 2 is 1.64 bits per heavy atom. The highest BCUT2D eigenvalue weighted by atomic mass is 16.5. The Bertz CT molecular complexity index is 823. The Kier molecular flexibility index (Phi) is 3.36. The van der Waals surface area contributed by atoms with E-state index < -0.39 is 0 Å². The zero-order valence-electron chi connectivity index (χ0n) is 12.3. The maximum atomic E-state index is 5.82. The van der Waals surface area contributed by atoms with E-state index in [1.165, 1.54) is 16.3 Å². The van der Waals surface area contributed by atoms with Gasteiger partial charge in [-0.2, -0.15) is 0 Å². The van der Waals surface area contributed by atoms with E-state index in [-0.39, 0.29) is 6.04 Å². The number of rotatable bonds is 3. The van der Waals surface area contributed by atoms with Crippen molar-refractivity contribution in [3.05, 3.63) is 83.9 Å². The fourth-order valence-corrected chi connectivity index (χ4v) is 2.89. The molecular formula is C20H17NO. The van der Waals surface area contributed by atoms with Gasteiger partial charge in [0, 0.05) is 5.56 Å². The zero-order valence-corrected chi connectivity index (χ0v) is 12.3. The minimum absolute atomic E-state index is 0.212. The molecule has 0 N–H and O–H groups in total. The van der Waals surface area contributed by atoms with Gasteiger partial charge in [0.25, 0.3) is 0 Å². The number of fused-ring (bicyclic) bond motifs is 1. The first-order valence-corrected chi connectivity index (χ1v) is 7.62. The highest BCUT2D eigenvalue weighted by molar-refractivity contribution is 5.99. The molecule has 1 aliphatic rings. The summed E-state index contributed by atoms with van der Waals surface area (Å²) in [4.78, 5) is 4.75. The summed E-state index contributed by atoms with van der Waals surface area (Å²) in [6.45, 7) is 0.664. The van der Waals surface area contributed by atoms with E-state index in [9.17, 15) is 0 Å². The van der Waals surface area contributed by atoms with E-state index in [4.69, 9.17) is 9.73 Å². The molecule has 0 aliphatic carbocycles. The molecular weight excluding hydrogens is 270 g/mol. The molecule has 108 valence electrons. The number of aliphatic imine (C=N–C) groups is 1. The van der Waals surface area contributed by atoms with Gasteiger partial charge in [-0.15, -0.1) is 0 Å². The monoisotopic (exact) mass is 287 g/mol. The van der Waals surface area contributed by atoms with Crippen molar-refractivity contribution in [1.82, 2.24) is 0 Å². The molecule has 4 rings (SSSR count). The van der Waals surface area contributed by atoms with Gasteiger partial charge in [-0.1, -0.05) is 60.7 Å². The van der Waals surface area contributed by atoms with Crippen LogP contribution in [0.25, 0.3) is 10.8 Å². The first-order chi connectivity index (χ1) is 10.9. The molecule has 22 heavy (non-hydrogen) atoms. The molecule has 0 amide bonds. The van der Waals surface area contributed by atoms with E-state index >= 15 is 0 Å². The molecule has 0 radical (unpaired) electrons. The van der Waals surface area contributed by atoms with Crippen LogP contribution < -0.4 is 0 Å². The van der Waals surface area contributed by atoms with Gasteiger partial charge in [0.2, 0.25) is 5.90 Å². The lowest BCUT2D eigenvalue weighted by Crippen LogP contribution is -2.09. The highest BCUT2D eigenvalue weighted by Gasteiger charge is 2.20. The Labute approximate surface area is 130 Å². The third-order valence-electron chi connectivity index (χ3n) is 4.02. The number of hydrogen-bond acceptors (Lipinski definition) is 2. The van der Waals surface area contributed by atoms with Crippen LogP contribution in [0.3, 0.4) is 0 Å². The van der Waals surface area contributed by atoms with E-state index in [1.54, 1.807) is 0 Å². The molecule has 3 aromatic carbocycles. The molecule has 0 unspecified atom stereocenters. The number of benzene rings is 3. The Hall–Kier alpha value is -2.61. The van der Waals surface area contributed by atoms with Crippen LogP contribution in [0.1, 0.15) is 11.1 Å². The van der Waals surface area contributed by atoms with Crippen LogP contribution in [0.5, 0.6) is 0 Å². The van der Waals surface area contributed by atoms with Crippen LogP contribution in [0.2, 0.25) is 0 Å². The zero-order chi connectivity index (χ0) is 14.8. The second-order valence-electron chi connectivity index (χ2n) is 5.65. The largest absolute Gasteiger partial charge is 0.475 e. The lowest BCUT2D eigenvalue weighted by atomic mass is 10.1. The van der Waals surface area contributed by atoms with Crippen molar-refractivity contribution in [3.63, 3.8) is 0 Å². The van der Waals surface area contributed by atoms with Crippen LogP contribution in [0.4, 0.5) is 0 Å². The Morgan fingerprint density at radius 3 is 2.50 bits per heavy atom. The number of hydrogen-bond donors (Lipinski definition) is 0. The van der Waals surface area contributed by atoms with Crippen molar-refractivity contribution in [2.45, 2.75) is 12.5 Å². The fourth-order valence-electron chi connectivity index (χ4n) is 2.89. The summed E-state index contributed by atoms with van der Waals surface area (Å²) in [5, 5.41) is 2.46. The number of ether oxygens (including phenoxy) is 1. The molecule has 0 bridgehead atoms. The average Bonchev–Trinajstić information content (AvgIpc) is 3.04. The van der Waals surface area contributed by atoms with Gasteiger partial charge in [-0.05, 0) is 34.9 Å². The average molecular weight is 287 g/mol. The van der Waals surface area contributed by atoms with Crippen molar-refractivity contribution in [2.24, 2.45) is 4.99 Å².